The number of fused-ring (bicyclic) bond motifs is 11. The lowest BCUT2D eigenvalue weighted by Gasteiger charge is -2.14. The van der Waals surface area contributed by atoms with Gasteiger partial charge in [0.05, 0.1) is 22.2 Å². The average molecular weight is 638 g/mol. The summed E-state index contributed by atoms with van der Waals surface area (Å²) < 4.78 is 8.52. The van der Waals surface area contributed by atoms with Crippen LogP contribution >= 0.6 is 0 Å². The lowest BCUT2D eigenvalue weighted by molar-refractivity contribution is 0.669. The first kappa shape index (κ1) is 27.2. The van der Waals surface area contributed by atoms with Crippen LogP contribution in [0.2, 0.25) is 0 Å². The zero-order valence-corrected chi connectivity index (χ0v) is 26.8. The largest absolute Gasteiger partial charge is 0.456 e. The van der Waals surface area contributed by atoms with E-state index in [2.05, 4.69) is 150 Å². The van der Waals surface area contributed by atoms with Gasteiger partial charge in [-0.05, 0) is 52.1 Å². The molecule has 50 heavy (non-hydrogen) atoms. The summed E-state index contributed by atoms with van der Waals surface area (Å²) in [5.41, 5.74) is 9.04. The van der Waals surface area contributed by atoms with Gasteiger partial charge >= 0.3 is 0 Å². The fourth-order valence-corrected chi connectivity index (χ4v) is 7.94. The Kier molecular flexibility index (Phi) is 5.63. The predicted molar refractivity (Wildman–Crippen MR) is 207 cm³/mol. The summed E-state index contributed by atoms with van der Waals surface area (Å²) in [6.45, 7) is 0. The van der Waals surface area contributed by atoms with Gasteiger partial charge in [-0.25, -0.2) is 9.97 Å². The van der Waals surface area contributed by atoms with Gasteiger partial charge in [0, 0.05) is 43.4 Å². The van der Waals surface area contributed by atoms with Gasteiger partial charge in [-0.3, -0.25) is 4.57 Å². The molecule has 0 amide bonds. The third-order valence-electron chi connectivity index (χ3n) is 10.2. The molecule has 0 spiro atoms. The van der Waals surface area contributed by atoms with E-state index >= 15 is 0 Å². The number of hydrogen-bond donors (Lipinski definition) is 0. The molecule has 3 heterocycles. The Bertz CT molecular complexity index is 3150. The fourth-order valence-electron chi connectivity index (χ4n) is 7.94. The first-order valence-electron chi connectivity index (χ1n) is 16.9. The Morgan fingerprint density at radius 2 is 1.14 bits per heavy atom. The lowest BCUT2D eigenvalue weighted by Crippen LogP contribution is -2.04. The molecule has 0 saturated carbocycles. The number of aromatic nitrogens is 3. The number of hydrogen-bond acceptors (Lipinski definition) is 3. The normalized spacial score (nSPS) is 12.0. The average Bonchev–Trinajstić information content (AvgIpc) is 3.73. The molecule has 0 aliphatic rings. The van der Waals surface area contributed by atoms with Crippen LogP contribution in [-0.2, 0) is 0 Å². The minimum absolute atomic E-state index is 0.644. The van der Waals surface area contributed by atoms with Crippen molar-refractivity contribution in [1.82, 2.24) is 14.5 Å². The lowest BCUT2D eigenvalue weighted by atomic mass is 9.98. The molecule has 232 valence electrons. The Hall–Kier alpha value is -6.78. The molecule has 0 radical (unpaired) electrons. The van der Waals surface area contributed by atoms with E-state index in [0.29, 0.717) is 5.95 Å². The maximum atomic E-state index is 6.23. The van der Waals surface area contributed by atoms with E-state index in [1.54, 1.807) is 0 Å². The summed E-state index contributed by atoms with van der Waals surface area (Å²) in [5.74, 6) is 0.644. The zero-order valence-electron chi connectivity index (χ0n) is 26.8. The van der Waals surface area contributed by atoms with Crippen LogP contribution in [0.15, 0.2) is 168 Å². The zero-order chi connectivity index (χ0) is 32.8. The molecular weight excluding hydrogens is 611 g/mol. The van der Waals surface area contributed by atoms with Crippen LogP contribution in [-0.4, -0.2) is 14.5 Å². The molecule has 0 fully saturated rings. The fraction of sp³-hybridized carbons (Fsp3) is 0. The van der Waals surface area contributed by atoms with Crippen LogP contribution in [0.5, 0.6) is 0 Å². The molecule has 4 nitrogen and oxygen atoms in total. The van der Waals surface area contributed by atoms with Crippen LogP contribution in [0.3, 0.4) is 0 Å². The van der Waals surface area contributed by atoms with Crippen molar-refractivity contribution in [3.63, 3.8) is 0 Å². The second kappa shape index (κ2) is 10.4. The summed E-state index contributed by atoms with van der Waals surface area (Å²) in [7, 11) is 0. The maximum Gasteiger partial charge on any atom is 0.235 e. The molecule has 0 unspecified atom stereocenters. The van der Waals surface area contributed by atoms with E-state index in [1.807, 2.05) is 18.2 Å². The highest BCUT2D eigenvalue weighted by molar-refractivity contribution is 6.23. The molecule has 11 rings (SSSR count). The Morgan fingerprint density at radius 1 is 0.440 bits per heavy atom. The van der Waals surface area contributed by atoms with Crippen LogP contribution in [0.1, 0.15) is 0 Å². The van der Waals surface area contributed by atoms with Gasteiger partial charge < -0.3 is 4.42 Å². The van der Waals surface area contributed by atoms with Crippen LogP contribution < -0.4 is 0 Å². The third kappa shape index (κ3) is 3.87. The van der Waals surface area contributed by atoms with Crippen molar-refractivity contribution in [2.75, 3.05) is 0 Å². The summed E-state index contributed by atoms with van der Waals surface area (Å²) in [4.78, 5) is 10.9. The smallest absolute Gasteiger partial charge is 0.235 e. The van der Waals surface area contributed by atoms with Crippen molar-refractivity contribution < 1.29 is 4.42 Å². The molecule has 4 heteroatoms. The van der Waals surface area contributed by atoms with E-state index in [0.717, 1.165) is 82.4 Å². The van der Waals surface area contributed by atoms with Crippen molar-refractivity contribution in [2.45, 2.75) is 0 Å². The third-order valence-corrected chi connectivity index (χ3v) is 10.2. The number of para-hydroxylation sites is 2. The van der Waals surface area contributed by atoms with Gasteiger partial charge in [-0.1, -0.05) is 133 Å². The van der Waals surface area contributed by atoms with E-state index in [4.69, 9.17) is 14.4 Å². The van der Waals surface area contributed by atoms with Gasteiger partial charge in [0.1, 0.15) is 11.2 Å². The molecule has 0 saturated heterocycles. The number of benzene rings is 8. The summed E-state index contributed by atoms with van der Waals surface area (Å²) >= 11 is 0. The standard InChI is InChI=1S/C46H27N3O/c1-2-13-30(14-3-1)43-37-24-21-29-12-5-7-16-33(29)44(37)48-46(47-43)49-39-25-22-28-11-4-6-15-32(28)42(39)36-19-10-18-34(45(36)49)31-23-26-41-38(27-31)35-17-8-9-20-40(35)50-41/h1-27H. The molecule has 0 aliphatic heterocycles. The molecule has 0 aliphatic carbocycles. The molecule has 3 aromatic heterocycles. The molecule has 0 atom stereocenters. The Morgan fingerprint density at radius 3 is 2.02 bits per heavy atom. The predicted octanol–water partition coefficient (Wildman–Crippen LogP) is 12.3. The topological polar surface area (TPSA) is 43.9 Å². The van der Waals surface area contributed by atoms with E-state index in [1.165, 1.54) is 16.2 Å². The SMILES string of the molecule is c1ccc(-c2nc(-n3c4ccc5ccccc5c4c4cccc(-c5ccc6oc7ccccc7c6c5)c43)nc3c2ccc2ccccc23)cc1. The Labute approximate surface area is 286 Å². The highest BCUT2D eigenvalue weighted by atomic mass is 16.3. The highest BCUT2D eigenvalue weighted by Gasteiger charge is 2.22. The van der Waals surface area contributed by atoms with E-state index in [-0.39, 0.29) is 0 Å². The maximum absolute atomic E-state index is 6.23. The van der Waals surface area contributed by atoms with Crippen molar-refractivity contribution >= 4 is 76.2 Å². The molecule has 0 N–H and O–H groups in total. The van der Waals surface area contributed by atoms with E-state index < -0.39 is 0 Å². The quantitative estimate of drug-likeness (QED) is 0.181. The minimum atomic E-state index is 0.644. The molecule has 8 aromatic carbocycles. The molecular formula is C46H27N3O. The van der Waals surface area contributed by atoms with Gasteiger partial charge in [0.15, 0.2) is 0 Å². The minimum Gasteiger partial charge on any atom is -0.456 e. The second-order valence-corrected chi connectivity index (χ2v) is 12.9. The number of nitrogens with zero attached hydrogens (tertiary/aromatic N) is 3. The first-order chi connectivity index (χ1) is 24.8. The van der Waals surface area contributed by atoms with Crippen LogP contribution in [0.4, 0.5) is 0 Å². The van der Waals surface area contributed by atoms with Gasteiger partial charge in [-0.2, -0.15) is 0 Å². The van der Waals surface area contributed by atoms with Crippen LogP contribution in [0, 0.1) is 0 Å². The summed E-state index contributed by atoms with van der Waals surface area (Å²) in [6.07, 6.45) is 0. The van der Waals surface area contributed by atoms with Crippen molar-refractivity contribution in [3.05, 3.63) is 164 Å². The summed E-state index contributed by atoms with van der Waals surface area (Å²) in [5, 5.41) is 10.3. The monoisotopic (exact) mass is 637 g/mol. The first-order valence-corrected chi connectivity index (χ1v) is 16.9. The van der Waals surface area contributed by atoms with Crippen molar-refractivity contribution in [1.29, 1.82) is 0 Å². The number of rotatable bonds is 3. The second-order valence-electron chi connectivity index (χ2n) is 12.9. The molecule has 0 bridgehead atoms. The van der Waals surface area contributed by atoms with Gasteiger partial charge in [0.2, 0.25) is 5.95 Å². The Balaban J connectivity index is 1.31. The van der Waals surface area contributed by atoms with Crippen molar-refractivity contribution in [2.24, 2.45) is 0 Å². The van der Waals surface area contributed by atoms with Gasteiger partial charge in [0.25, 0.3) is 0 Å². The van der Waals surface area contributed by atoms with Crippen molar-refractivity contribution in [3.8, 4) is 28.3 Å². The number of furan rings is 1. The highest BCUT2D eigenvalue weighted by Crippen LogP contribution is 2.43. The van der Waals surface area contributed by atoms with E-state index in [9.17, 15) is 0 Å². The summed E-state index contributed by atoms with van der Waals surface area (Å²) in [6, 6.07) is 57.8. The van der Waals surface area contributed by atoms with Crippen LogP contribution in [0.25, 0.3) is 105 Å². The van der Waals surface area contributed by atoms with Gasteiger partial charge in [-0.15, -0.1) is 0 Å². The molecule has 11 aromatic rings.